The predicted octanol–water partition coefficient (Wildman–Crippen LogP) is 4.08. The molecule has 0 unspecified atom stereocenters. The molecule has 8 heteroatoms. The Hall–Kier alpha value is -3.90. The number of hydrogen-bond donors (Lipinski definition) is 1. The van der Waals surface area contributed by atoms with E-state index in [-0.39, 0.29) is 23.8 Å². The number of nitrogens with zero attached hydrogens (tertiary/aromatic N) is 4. The zero-order chi connectivity index (χ0) is 19.2. The standard InChI is InChI=1S/C19H15N5O3/c1-27-19(26)17-16(7-4-10-21-17)23-18(25)15-9-8-12(11-22-24-20)13-5-2-3-6-14(13)15/h2-10H,11H2,1H3,(H,23,25). The van der Waals surface area contributed by atoms with Crippen molar-refractivity contribution in [2.45, 2.75) is 6.54 Å². The van der Waals surface area contributed by atoms with Crippen molar-refractivity contribution >= 4 is 28.3 Å². The molecule has 3 aromatic rings. The molecule has 2 aromatic carbocycles. The number of methoxy groups -OCH3 is 1. The van der Waals surface area contributed by atoms with Crippen LogP contribution in [0.5, 0.6) is 0 Å². The molecule has 134 valence electrons. The van der Waals surface area contributed by atoms with Crippen LogP contribution in [0.4, 0.5) is 5.69 Å². The van der Waals surface area contributed by atoms with Gasteiger partial charge < -0.3 is 10.1 Å². The normalized spacial score (nSPS) is 10.1. The molecule has 0 aliphatic rings. The number of carbonyl (C=O) groups is 2. The highest BCUT2D eigenvalue weighted by Crippen LogP contribution is 2.25. The minimum Gasteiger partial charge on any atom is -0.464 e. The summed E-state index contributed by atoms with van der Waals surface area (Å²) >= 11 is 0. The van der Waals surface area contributed by atoms with Crippen LogP contribution in [0.25, 0.3) is 21.2 Å². The summed E-state index contributed by atoms with van der Waals surface area (Å²) in [6, 6.07) is 13.9. The van der Waals surface area contributed by atoms with Crippen molar-refractivity contribution < 1.29 is 14.3 Å². The van der Waals surface area contributed by atoms with Crippen molar-refractivity contribution in [1.29, 1.82) is 0 Å². The number of esters is 1. The number of benzene rings is 2. The molecule has 0 aliphatic heterocycles. The maximum Gasteiger partial charge on any atom is 0.358 e. The molecule has 0 spiro atoms. The highest BCUT2D eigenvalue weighted by Gasteiger charge is 2.17. The Balaban J connectivity index is 2.00. The summed E-state index contributed by atoms with van der Waals surface area (Å²) in [4.78, 5) is 31.4. The van der Waals surface area contributed by atoms with Crippen LogP contribution in [0.1, 0.15) is 26.4 Å². The van der Waals surface area contributed by atoms with Crippen LogP contribution >= 0.6 is 0 Å². The average molecular weight is 361 g/mol. The number of azide groups is 1. The minimum atomic E-state index is -0.638. The first-order valence-corrected chi connectivity index (χ1v) is 8.02. The Kier molecular flexibility index (Phi) is 5.30. The van der Waals surface area contributed by atoms with Crippen molar-refractivity contribution in [1.82, 2.24) is 4.98 Å². The zero-order valence-corrected chi connectivity index (χ0v) is 14.4. The maximum absolute atomic E-state index is 12.8. The van der Waals surface area contributed by atoms with Crippen molar-refractivity contribution in [2.75, 3.05) is 12.4 Å². The van der Waals surface area contributed by atoms with Gasteiger partial charge in [-0.1, -0.05) is 35.4 Å². The van der Waals surface area contributed by atoms with Gasteiger partial charge in [0.15, 0.2) is 5.69 Å². The summed E-state index contributed by atoms with van der Waals surface area (Å²) < 4.78 is 4.70. The van der Waals surface area contributed by atoms with Crippen LogP contribution in [-0.4, -0.2) is 24.0 Å². The van der Waals surface area contributed by atoms with Gasteiger partial charge in [0.2, 0.25) is 0 Å². The molecule has 0 bridgehead atoms. The van der Waals surface area contributed by atoms with Gasteiger partial charge in [-0.2, -0.15) is 0 Å². The fraction of sp³-hybridized carbons (Fsp3) is 0.105. The van der Waals surface area contributed by atoms with Gasteiger partial charge in [-0.05, 0) is 40.1 Å². The van der Waals surface area contributed by atoms with E-state index < -0.39 is 5.97 Å². The Bertz CT molecular complexity index is 1070. The third-order valence-corrected chi connectivity index (χ3v) is 4.00. The van der Waals surface area contributed by atoms with Crippen LogP contribution in [0.2, 0.25) is 0 Å². The lowest BCUT2D eigenvalue weighted by Crippen LogP contribution is -2.17. The highest BCUT2D eigenvalue weighted by atomic mass is 16.5. The lowest BCUT2D eigenvalue weighted by molar-refractivity contribution is 0.0595. The van der Waals surface area contributed by atoms with E-state index in [1.165, 1.54) is 13.3 Å². The van der Waals surface area contributed by atoms with E-state index >= 15 is 0 Å². The van der Waals surface area contributed by atoms with Crippen LogP contribution in [-0.2, 0) is 11.3 Å². The average Bonchev–Trinajstić information content (AvgIpc) is 2.71. The monoisotopic (exact) mass is 361 g/mol. The molecule has 0 aliphatic carbocycles. The zero-order valence-electron chi connectivity index (χ0n) is 14.4. The van der Waals surface area contributed by atoms with Crippen LogP contribution in [0, 0.1) is 0 Å². The third kappa shape index (κ3) is 3.70. The lowest BCUT2D eigenvalue weighted by atomic mass is 9.99. The van der Waals surface area contributed by atoms with Gasteiger partial charge in [0.25, 0.3) is 5.91 Å². The van der Waals surface area contributed by atoms with Gasteiger partial charge >= 0.3 is 5.97 Å². The van der Waals surface area contributed by atoms with Gasteiger partial charge in [0, 0.05) is 16.7 Å². The molecule has 0 fully saturated rings. The first-order chi connectivity index (χ1) is 13.2. The third-order valence-electron chi connectivity index (χ3n) is 4.00. The van der Waals surface area contributed by atoms with Crippen LogP contribution < -0.4 is 5.32 Å². The largest absolute Gasteiger partial charge is 0.464 e. The molecule has 1 aromatic heterocycles. The highest BCUT2D eigenvalue weighted by molar-refractivity contribution is 6.14. The number of nitrogens with one attached hydrogen (secondary N) is 1. The number of pyridine rings is 1. The molecule has 0 radical (unpaired) electrons. The van der Waals surface area contributed by atoms with E-state index in [0.29, 0.717) is 10.9 Å². The molecule has 1 N–H and O–H groups in total. The Morgan fingerprint density at radius 1 is 1.15 bits per heavy atom. The maximum atomic E-state index is 12.8. The topological polar surface area (TPSA) is 117 Å². The minimum absolute atomic E-state index is 0.0256. The summed E-state index contributed by atoms with van der Waals surface area (Å²) in [6.45, 7) is 0.188. The van der Waals surface area contributed by atoms with Gasteiger partial charge in [-0.3, -0.25) is 4.79 Å². The first kappa shape index (κ1) is 17.9. The summed E-state index contributed by atoms with van der Waals surface area (Å²) in [5.41, 5.74) is 10.1. The quantitative estimate of drug-likeness (QED) is 0.319. The molecule has 0 atom stereocenters. The van der Waals surface area contributed by atoms with E-state index in [9.17, 15) is 9.59 Å². The Morgan fingerprint density at radius 3 is 2.67 bits per heavy atom. The fourth-order valence-electron chi connectivity index (χ4n) is 2.76. The van der Waals surface area contributed by atoms with Crippen molar-refractivity contribution in [3.63, 3.8) is 0 Å². The van der Waals surface area contributed by atoms with E-state index in [2.05, 4.69) is 20.3 Å². The van der Waals surface area contributed by atoms with E-state index in [4.69, 9.17) is 10.3 Å². The second-order valence-corrected chi connectivity index (χ2v) is 5.55. The number of carbonyl (C=O) groups excluding carboxylic acids is 2. The van der Waals surface area contributed by atoms with Crippen molar-refractivity contribution in [3.8, 4) is 0 Å². The van der Waals surface area contributed by atoms with Gasteiger partial charge in [-0.25, -0.2) is 9.78 Å². The van der Waals surface area contributed by atoms with Gasteiger partial charge in [0.05, 0.1) is 19.3 Å². The molecule has 0 saturated carbocycles. The fourth-order valence-corrected chi connectivity index (χ4v) is 2.76. The first-order valence-electron chi connectivity index (χ1n) is 8.02. The summed E-state index contributed by atoms with van der Waals surface area (Å²) in [6.07, 6.45) is 1.45. The SMILES string of the molecule is COC(=O)c1ncccc1NC(=O)c1ccc(CN=[N+]=[N-])c2ccccc12. The van der Waals surface area contributed by atoms with Crippen molar-refractivity contribution in [3.05, 3.63) is 82.0 Å². The number of aromatic nitrogens is 1. The molecular formula is C19H15N5O3. The second kappa shape index (κ2) is 7.99. The Labute approximate surface area is 154 Å². The number of fused-ring (bicyclic) bond motifs is 1. The summed E-state index contributed by atoms with van der Waals surface area (Å²) in [5.74, 6) is -1.03. The number of rotatable bonds is 5. The second-order valence-electron chi connectivity index (χ2n) is 5.55. The molecule has 1 amide bonds. The molecule has 8 nitrogen and oxygen atoms in total. The summed E-state index contributed by atoms with van der Waals surface area (Å²) in [7, 11) is 1.25. The van der Waals surface area contributed by atoms with Gasteiger partial charge in [0.1, 0.15) is 0 Å². The number of hydrogen-bond acceptors (Lipinski definition) is 5. The number of ether oxygens (including phenoxy) is 1. The van der Waals surface area contributed by atoms with E-state index in [1.54, 1.807) is 24.3 Å². The van der Waals surface area contributed by atoms with Crippen LogP contribution in [0.3, 0.4) is 0 Å². The Morgan fingerprint density at radius 2 is 1.93 bits per heavy atom. The summed E-state index contributed by atoms with van der Waals surface area (Å²) in [5, 5.41) is 7.84. The lowest BCUT2D eigenvalue weighted by Gasteiger charge is -2.12. The number of amides is 1. The van der Waals surface area contributed by atoms with Gasteiger partial charge in [-0.15, -0.1) is 0 Å². The van der Waals surface area contributed by atoms with E-state index in [0.717, 1.165) is 10.9 Å². The molecule has 0 saturated heterocycles. The molecule has 1 heterocycles. The van der Waals surface area contributed by atoms with Crippen LogP contribution in [0.15, 0.2) is 59.8 Å². The molecule has 27 heavy (non-hydrogen) atoms. The smallest absolute Gasteiger partial charge is 0.358 e. The van der Waals surface area contributed by atoms with E-state index in [1.807, 2.05) is 24.3 Å². The van der Waals surface area contributed by atoms with Crippen molar-refractivity contribution in [2.24, 2.45) is 5.11 Å². The molecule has 3 rings (SSSR count). The molecular weight excluding hydrogens is 346 g/mol. The predicted molar refractivity (Wildman–Crippen MR) is 100 cm³/mol. The number of anilines is 1.